The number of halogens is 4. The van der Waals surface area contributed by atoms with E-state index in [4.69, 9.17) is 11.6 Å². The van der Waals surface area contributed by atoms with Crippen LogP contribution >= 0.6 is 11.6 Å². The van der Waals surface area contributed by atoms with E-state index in [0.717, 1.165) is 37.7 Å². The van der Waals surface area contributed by atoms with Gasteiger partial charge in [0.25, 0.3) is 5.91 Å². The molecule has 0 unspecified atom stereocenters. The van der Waals surface area contributed by atoms with E-state index in [0.29, 0.717) is 23.6 Å². The molecule has 6 rings (SSSR count). The number of benzene rings is 1. The second-order valence-corrected chi connectivity index (χ2v) is 12.4. The van der Waals surface area contributed by atoms with Crippen molar-refractivity contribution in [3.05, 3.63) is 68.6 Å². The Labute approximate surface area is 283 Å². The van der Waals surface area contributed by atoms with Crippen molar-refractivity contribution in [3.8, 4) is 5.75 Å². The lowest BCUT2D eigenvalue weighted by molar-refractivity contribution is -0.137. The molecule has 3 aromatic heterocycles. The number of nitrogens with zero attached hydrogens (tertiary/aromatic N) is 8. The number of alkyl halides is 3. The summed E-state index contributed by atoms with van der Waals surface area (Å²) in [5, 5.41) is 12.7. The molecule has 1 atom stereocenters. The van der Waals surface area contributed by atoms with Crippen LogP contribution in [-0.4, -0.2) is 85.1 Å². The fraction of sp³-hybridized carbons (Fsp3) is 0.406. The number of piperazine rings is 1. The number of rotatable bonds is 7. The minimum atomic E-state index is -4.60. The SMILES string of the molecule is CCc1c(N2CCN(C(=O)c3ncnc(C)c3O)C[C@@H]2C)c(=O)c2nc(N3CCC3)cnc2n1CC(=O)Nc1ccc(C(F)(F)F)cc1Cl. The van der Waals surface area contributed by atoms with Crippen molar-refractivity contribution in [2.45, 2.75) is 52.4 Å². The molecule has 0 radical (unpaired) electrons. The van der Waals surface area contributed by atoms with Crippen LogP contribution in [0.5, 0.6) is 5.75 Å². The van der Waals surface area contributed by atoms with Crippen LogP contribution in [0.2, 0.25) is 5.02 Å². The molecule has 17 heteroatoms. The van der Waals surface area contributed by atoms with Crippen LogP contribution in [0.1, 0.15) is 47.7 Å². The monoisotopic (exact) mass is 699 g/mol. The number of hydrogen-bond acceptors (Lipinski definition) is 10. The van der Waals surface area contributed by atoms with Crippen molar-refractivity contribution in [1.82, 2.24) is 29.4 Å². The predicted octanol–water partition coefficient (Wildman–Crippen LogP) is 4.03. The van der Waals surface area contributed by atoms with Crippen molar-refractivity contribution >= 4 is 51.8 Å². The highest BCUT2D eigenvalue weighted by Crippen LogP contribution is 2.34. The van der Waals surface area contributed by atoms with Crippen LogP contribution in [0.3, 0.4) is 0 Å². The number of fused-ring (bicyclic) bond motifs is 1. The van der Waals surface area contributed by atoms with E-state index in [1.807, 2.05) is 23.6 Å². The molecule has 13 nitrogen and oxygen atoms in total. The highest BCUT2D eigenvalue weighted by Gasteiger charge is 2.34. The number of aromatic hydroxyl groups is 1. The Kier molecular flexibility index (Phi) is 9.09. The lowest BCUT2D eigenvalue weighted by atomic mass is 10.1. The van der Waals surface area contributed by atoms with E-state index in [1.165, 1.54) is 6.33 Å². The molecular formula is C32H33ClF3N9O4. The molecular weight excluding hydrogens is 667 g/mol. The maximum absolute atomic E-state index is 14.3. The number of anilines is 3. The molecule has 5 heterocycles. The van der Waals surface area contributed by atoms with Gasteiger partial charge in [-0.05, 0) is 44.9 Å². The third kappa shape index (κ3) is 6.44. The zero-order valence-electron chi connectivity index (χ0n) is 26.9. The molecule has 258 valence electrons. The lowest BCUT2D eigenvalue weighted by Crippen LogP contribution is -2.55. The molecule has 2 aliphatic heterocycles. The topological polar surface area (TPSA) is 150 Å². The van der Waals surface area contributed by atoms with Gasteiger partial charge in [-0.2, -0.15) is 13.2 Å². The van der Waals surface area contributed by atoms with Gasteiger partial charge in [-0.3, -0.25) is 14.4 Å². The Morgan fingerprint density at radius 2 is 1.88 bits per heavy atom. The largest absolute Gasteiger partial charge is 0.504 e. The summed E-state index contributed by atoms with van der Waals surface area (Å²) in [5.74, 6) is -0.836. The molecule has 0 spiro atoms. The van der Waals surface area contributed by atoms with Gasteiger partial charge in [0, 0.05) is 44.5 Å². The summed E-state index contributed by atoms with van der Waals surface area (Å²) in [6, 6.07) is 2.28. The van der Waals surface area contributed by atoms with E-state index in [2.05, 4.69) is 25.3 Å². The van der Waals surface area contributed by atoms with Gasteiger partial charge in [0.2, 0.25) is 11.3 Å². The van der Waals surface area contributed by atoms with Crippen LogP contribution in [0, 0.1) is 6.92 Å². The quantitative estimate of drug-likeness (QED) is 0.290. The van der Waals surface area contributed by atoms with Crippen molar-refractivity contribution in [1.29, 1.82) is 0 Å². The van der Waals surface area contributed by atoms with Crippen molar-refractivity contribution in [3.63, 3.8) is 0 Å². The summed E-state index contributed by atoms with van der Waals surface area (Å²) in [7, 11) is 0. The number of carbonyl (C=O) groups excluding carboxylic acids is 2. The van der Waals surface area contributed by atoms with Crippen molar-refractivity contribution in [2.24, 2.45) is 0 Å². The maximum atomic E-state index is 14.3. The zero-order valence-corrected chi connectivity index (χ0v) is 27.6. The van der Waals surface area contributed by atoms with E-state index in [-0.39, 0.29) is 76.7 Å². The minimum absolute atomic E-state index is 0.00577. The molecule has 2 saturated heterocycles. The molecule has 2 amide bonds. The van der Waals surface area contributed by atoms with Gasteiger partial charge in [-0.15, -0.1) is 0 Å². The minimum Gasteiger partial charge on any atom is -0.504 e. The number of hydrogen-bond donors (Lipinski definition) is 2. The molecule has 4 aromatic rings. The van der Waals surface area contributed by atoms with Gasteiger partial charge < -0.3 is 29.7 Å². The lowest BCUT2D eigenvalue weighted by Gasteiger charge is -2.41. The second-order valence-electron chi connectivity index (χ2n) is 12.0. The predicted molar refractivity (Wildman–Crippen MR) is 176 cm³/mol. The Morgan fingerprint density at radius 3 is 2.51 bits per heavy atom. The first-order valence-corrected chi connectivity index (χ1v) is 16.1. The zero-order chi connectivity index (χ0) is 35.2. The Morgan fingerprint density at radius 1 is 1.12 bits per heavy atom. The number of carbonyl (C=O) groups is 2. The molecule has 2 fully saturated rings. The van der Waals surface area contributed by atoms with Crippen LogP contribution in [0.15, 0.2) is 35.5 Å². The number of aryl methyl sites for hydroxylation is 1. The second kappa shape index (κ2) is 13.1. The fourth-order valence-electron chi connectivity index (χ4n) is 6.12. The van der Waals surface area contributed by atoms with Gasteiger partial charge in [0.05, 0.1) is 28.2 Å². The van der Waals surface area contributed by atoms with Crippen molar-refractivity contribution in [2.75, 3.05) is 47.8 Å². The molecule has 2 N–H and O–H groups in total. The Balaban J connectivity index is 1.36. The smallest absolute Gasteiger partial charge is 0.416 e. The summed E-state index contributed by atoms with van der Waals surface area (Å²) >= 11 is 6.11. The fourth-order valence-corrected chi connectivity index (χ4v) is 6.35. The first-order chi connectivity index (χ1) is 23.3. The normalized spacial score (nSPS) is 16.6. The van der Waals surface area contributed by atoms with Crippen LogP contribution in [-0.2, 0) is 23.9 Å². The average Bonchev–Trinajstić information content (AvgIpc) is 3.03. The highest BCUT2D eigenvalue weighted by molar-refractivity contribution is 6.33. The number of aromatic nitrogens is 5. The average molecular weight is 700 g/mol. The third-order valence-corrected chi connectivity index (χ3v) is 9.14. The summed E-state index contributed by atoms with van der Waals surface area (Å²) in [4.78, 5) is 63.7. The van der Waals surface area contributed by atoms with Crippen LogP contribution in [0.4, 0.5) is 30.4 Å². The maximum Gasteiger partial charge on any atom is 0.416 e. The molecule has 1 aromatic carbocycles. The van der Waals surface area contributed by atoms with Gasteiger partial charge in [-0.1, -0.05) is 18.5 Å². The molecule has 0 saturated carbocycles. The molecule has 0 bridgehead atoms. The van der Waals surface area contributed by atoms with Gasteiger partial charge in [0.15, 0.2) is 22.6 Å². The van der Waals surface area contributed by atoms with E-state index in [1.54, 1.807) is 22.6 Å². The van der Waals surface area contributed by atoms with Gasteiger partial charge in [-0.25, -0.2) is 19.9 Å². The molecule has 2 aliphatic rings. The highest BCUT2D eigenvalue weighted by atomic mass is 35.5. The summed E-state index contributed by atoms with van der Waals surface area (Å²) in [6.45, 7) is 7.10. The van der Waals surface area contributed by atoms with E-state index in [9.17, 15) is 32.7 Å². The van der Waals surface area contributed by atoms with Gasteiger partial charge in [0.1, 0.15) is 24.4 Å². The van der Waals surface area contributed by atoms with E-state index < -0.39 is 23.6 Å². The Bertz CT molecular complexity index is 2020. The summed E-state index contributed by atoms with van der Waals surface area (Å²) < 4.78 is 41.1. The van der Waals surface area contributed by atoms with Crippen molar-refractivity contribution < 1.29 is 27.9 Å². The number of pyridine rings is 1. The Hall–Kier alpha value is -4.99. The first kappa shape index (κ1) is 33.9. The number of nitrogens with one attached hydrogen (secondary N) is 1. The summed E-state index contributed by atoms with van der Waals surface area (Å²) in [5.41, 5.74) is -0.120. The summed E-state index contributed by atoms with van der Waals surface area (Å²) in [6.07, 6.45) is -0.551. The van der Waals surface area contributed by atoms with E-state index >= 15 is 0 Å². The first-order valence-electron chi connectivity index (χ1n) is 15.7. The molecule has 0 aliphatic carbocycles. The van der Waals surface area contributed by atoms with Gasteiger partial charge >= 0.3 is 6.18 Å². The number of amides is 2. The standard InChI is InChI=1S/C32H33ClF3N9O4/c1-4-22-27(44-11-10-43(14-17(44)2)31(49)26-28(47)18(3)38-16-39-26)29(48)25-30(37-13-23(41-25)42-8-5-9-42)45(22)15-24(46)40-21-7-6-19(12-20(21)33)32(34,35)36/h6-7,12-13,16-17,47H,4-5,8-11,14-15H2,1-3H3,(H,40,46)/t17-/m0/s1. The molecule has 49 heavy (non-hydrogen) atoms. The van der Waals surface area contributed by atoms with Crippen LogP contribution in [0.25, 0.3) is 11.2 Å². The third-order valence-electron chi connectivity index (χ3n) is 8.82. The van der Waals surface area contributed by atoms with Crippen LogP contribution < -0.4 is 20.5 Å².